The highest BCUT2D eigenvalue weighted by atomic mass is 32.1. The van der Waals surface area contributed by atoms with Crippen LogP contribution in [0.4, 0.5) is 5.13 Å². The maximum Gasteiger partial charge on any atom is 0.186 e. The van der Waals surface area contributed by atoms with Crippen LogP contribution in [0.15, 0.2) is 24.3 Å². The molecule has 114 valence electrons. The molecular weight excluding hydrogens is 280 g/mol. The van der Waals surface area contributed by atoms with Gasteiger partial charge in [0.1, 0.15) is 0 Å². The predicted octanol–water partition coefficient (Wildman–Crippen LogP) is 2.40. The second kappa shape index (κ2) is 6.73. The van der Waals surface area contributed by atoms with Gasteiger partial charge in [-0.2, -0.15) is 0 Å². The maximum absolute atomic E-state index is 5.74. The molecule has 1 aliphatic rings. The Morgan fingerprint density at radius 1 is 1.24 bits per heavy atom. The van der Waals surface area contributed by atoms with Gasteiger partial charge in [0.05, 0.1) is 10.2 Å². The fraction of sp³-hybridized carbons (Fsp3) is 0.562. The summed E-state index contributed by atoms with van der Waals surface area (Å²) < 4.78 is 1.28. The quantitative estimate of drug-likeness (QED) is 0.942. The number of hydrogen-bond donors (Lipinski definition) is 1. The van der Waals surface area contributed by atoms with E-state index in [2.05, 4.69) is 41.0 Å². The summed E-state index contributed by atoms with van der Waals surface area (Å²) in [6.07, 6.45) is 1.20. The Morgan fingerprint density at radius 3 is 2.90 bits per heavy atom. The van der Waals surface area contributed by atoms with Crippen LogP contribution >= 0.6 is 11.3 Å². The van der Waals surface area contributed by atoms with Gasteiger partial charge in [-0.05, 0) is 37.6 Å². The number of hydrogen-bond acceptors (Lipinski definition) is 5. The molecule has 0 radical (unpaired) electrons. The van der Waals surface area contributed by atoms with E-state index in [1.807, 2.05) is 11.3 Å². The molecule has 1 fully saturated rings. The molecule has 21 heavy (non-hydrogen) atoms. The fourth-order valence-electron chi connectivity index (χ4n) is 2.86. The van der Waals surface area contributed by atoms with Crippen LogP contribution in [-0.4, -0.2) is 49.2 Å². The Morgan fingerprint density at radius 2 is 2.10 bits per heavy atom. The molecule has 1 aromatic carbocycles. The minimum atomic E-state index is 0.582. The van der Waals surface area contributed by atoms with Crippen molar-refractivity contribution in [1.29, 1.82) is 0 Å². The number of benzene rings is 1. The summed E-state index contributed by atoms with van der Waals surface area (Å²) in [4.78, 5) is 9.77. The Labute approximate surface area is 130 Å². The molecule has 1 saturated heterocycles. The number of fused-ring (bicyclic) bond motifs is 1. The van der Waals surface area contributed by atoms with Gasteiger partial charge in [0, 0.05) is 26.2 Å². The van der Waals surface area contributed by atoms with Crippen LogP contribution in [0.1, 0.15) is 13.3 Å². The van der Waals surface area contributed by atoms with E-state index in [9.17, 15) is 0 Å². The lowest BCUT2D eigenvalue weighted by Gasteiger charge is -2.23. The summed E-state index contributed by atoms with van der Waals surface area (Å²) in [6.45, 7) is 8.58. The van der Waals surface area contributed by atoms with Crippen molar-refractivity contribution in [2.24, 2.45) is 11.7 Å². The monoisotopic (exact) mass is 304 g/mol. The molecule has 0 saturated carbocycles. The molecule has 0 aliphatic carbocycles. The highest BCUT2D eigenvalue weighted by molar-refractivity contribution is 7.22. The molecule has 1 atom stereocenters. The first-order valence-electron chi connectivity index (χ1n) is 7.79. The van der Waals surface area contributed by atoms with Crippen LogP contribution in [-0.2, 0) is 0 Å². The molecule has 3 rings (SSSR count). The van der Waals surface area contributed by atoms with Crippen LogP contribution in [0.5, 0.6) is 0 Å². The third-order valence-electron chi connectivity index (χ3n) is 4.11. The minimum absolute atomic E-state index is 0.582. The van der Waals surface area contributed by atoms with Crippen molar-refractivity contribution in [3.8, 4) is 0 Å². The topological polar surface area (TPSA) is 45.4 Å². The molecule has 2 heterocycles. The van der Waals surface area contributed by atoms with E-state index in [0.29, 0.717) is 5.92 Å². The zero-order valence-corrected chi connectivity index (χ0v) is 13.5. The SMILES string of the molecule is CC(CN)CN1CCCN(c2nc3ccccc3s2)CC1. The smallest absolute Gasteiger partial charge is 0.186 e. The van der Waals surface area contributed by atoms with Crippen molar-refractivity contribution in [2.75, 3.05) is 44.2 Å². The first kappa shape index (κ1) is 14.8. The summed E-state index contributed by atoms with van der Waals surface area (Å²) >= 11 is 1.81. The number of nitrogens with zero attached hydrogens (tertiary/aromatic N) is 3. The zero-order chi connectivity index (χ0) is 14.7. The van der Waals surface area contributed by atoms with Gasteiger partial charge in [-0.3, -0.25) is 0 Å². The van der Waals surface area contributed by atoms with Gasteiger partial charge in [-0.25, -0.2) is 4.98 Å². The van der Waals surface area contributed by atoms with Crippen LogP contribution in [0.3, 0.4) is 0 Å². The molecule has 0 amide bonds. The average molecular weight is 304 g/mol. The van der Waals surface area contributed by atoms with Crippen molar-refractivity contribution in [3.05, 3.63) is 24.3 Å². The molecule has 1 aromatic heterocycles. The van der Waals surface area contributed by atoms with Gasteiger partial charge in [0.2, 0.25) is 0 Å². The second-order valence-electron chi connectivity index (χ2n) is 5.95. The lowest BCUT2D eigenvalue weighted by molar-refractivity contribution is 0.255. The van der Waals surface area contributed by atoms with E-state index in [4.69, 9.17) is 10.7 Å². The number of rotatable bonds is 4. The summed E-state index contributed by atoms with van der Waals surface area (Å²) in [5.74, 6) is 0.582. The highest BCUT2D eigenvalue weighted by Crippen LogP contribution is 2.29. The molecular formula is C16H24N4S. The molecule has 1 aliphatic heterocycles. The summed E-state index contributed by atoms with van der Waals surface area (Å²) in [5, 5.41) is 1.17. The van der Waals surface area contributed by atoms with Crippen LogP contribution in [0.25, 0.3) is 10.2 Å². The van der Waals surface area contributed by atoms with E-state index in [1.165, 1.54) is 22.8 Å². The van der Waals surface area contributed by atoms with E-state index in [0.717, 1.165) is 38.2 Å². The Bertz CT molecular complexity index is 549. The van der Waals surface area contributed by atoms with Crippen molar-refractivity contribution >= 4 is 26.7 Å². The lowest BCUT2D eigenvalue weighted by atomic mass is 10.1. The number of thiazole rings is 1. The number of aromatic nitrogens is 1. The summed E-state index contributed by atoms with van der Waals surface area (Å²) in [6, 6.07) is 8.40. The van der Waals surface area contributed by atoms with Crippen molar-refractivity contribution in [2.45, 2.75) is 13.3 Å². The van der Waals surface area contributed by atoms with Gasteiger partial charge < -0.3 is 15.5 Å². The molecule has 0 bridgehead atoms. The zero-order valence-electron chi connectivity index (χ0n) is 12.7. The first-order chi connectivity index (χ1) is 10.3. The highest BCUT2D eigenvalue weighted by Gasteiger charge is 2.18. The number of para-hydroxylation sites is 1. The Balaban J connectivity index is 1.67. The fourth-order valence-corrected chi connectivity index (χ4v) is 3.87. The van der Waals surface area contributed by atoms with Crippen LogP contribution < -0.4 is 10.6 Å². The van der Waals surface area contributed by atoms with Gasteiger partial charge in [-0.15, -0.1) is 0 Å². The largest absolute Gasteiger partial charge is 0.347 e. The van der Waals surface area contributed by atoms with Crippen LogP contribution in [0, 0.1) is 5.92 Å². The Hall–Kier alpha value is -1.17. The molecule has 5 heteroatoms. The standard InChI is InChI=1S/C16H24N4S/c1-13(11-17)12-19-7-4-8-20(10-9-19)16-18-14-5-2-3-6-15(14)21-16/h2-3,5-6,13H,4,7-12,17H2,1H3. The predicted molar refractivity (Wildman–Crippen MR) is 91.1 cm³/mol. The van der Waals surface area contributed by atoms with E-state index in [-0.39, 0.29) is 0 Å². The molecule has 0 spiro atoms. The van der Waals surface area contributed by atoms with E-state index >= 15 is 0 Å². The van der Waals surface area contributed by atoms with Crippen molar-refractivity contribution in [3.63, 3.8) is 0 Å². The maximum atomic E-state index is 5.74. The molecule has 4 nitrogen and oxygen atoms in total. The molecule has 2 N–H and O–H groups in total. The van der Waals surface area contributed by atoms with Gasteiger partial charge in [-0.1, -0.05) is 30.4 Å². The van der Waals surface area contributed by atoms with Gasteiger partial charge in [0.25, 0.3) is 0 Å². The van der Waals surface area contributed by atoms with E-state index < -0.39 is 0 Å². The van der Waals surface area contributed by atoms with Crippen molar-refractivity contribution < 1.29 is 0 Å². The summed E-state index contributed by atoms with van der Waals surface area (Å²) in [7, 11) is 0. The minimum Gasteiger partial charge on any atom is -0.347 e. The van der Waals surface area contributed by atoms with E-state index in [1.54, 1.807) is 0 Å². The first-order valence-corrected chi connectivity index (χ1v) is 8.61. The second-order valence-corrected chi connectivity index (χ2v) is 6.96. The molecule has 1 unspecified atom stereocenters. The Kier molecular flexibility index (Phi) is 4.73. The molecule has 2 aromatic rings. The number of anilines is 1. The normalized spacial score (nSPS) is 18.9. The van der Waals surface area contributed by atoms with Crippen LogP contribution in [0.2, 0.25) is 0 Å². The average Bonchev–Trinajstić information content (AvgIpc) is 2.80. The van der Waals surface area contributed by atoms with Crippen molar-refractivity contribution in [1.82, 2.24) is 9.88 Å². The van der Waals surface area contributed by atoms with Gasteiger partial charge >= 0.3 is 0 Å². The lowest BCUT2D eigenvalue weighted by Crippen LogP contribution is -2.35. The number of nitrogens with two attached hydrogens (primary N) is 1. The third kappa shape index (κ3) is 3.54. The summed E-state index contributed by atoms with van der Waals surface area (Å²) in [5.41, 5.74) is 6.86. The van der Waals surface area contributed by atoms with Gasteiger partial charge in [0.15, 0.2) is 5.13 Å². The third-order valence-corrected chi connectivity index (χ3v) is 5.21.